The fourth-order valence-corrected chi connectivity index (χ4v) is 3.39. The lowest BCUT2D eigenvalue weighted by Crippen LogP contribution is -2.60. The van der Waals surface area contributed by atoms with Crippen molar-refractivity contribution in [3.05, 3.63) is 0 Å². The maximum absolute atomic E-state index is 11.9. The molecule has 2 rings (SSSR count). The molecule has 0 aromatic rings. The molecule has 4 nitrogen and oxygen atoms in total. The number of nitrogens with zero attached hydrogens (tertiary/aromatic N) is 2. The first-order valence-electron chi connectivity index (χ1n) is 7.32. The van der Waals surface area contributed by atoms with Crippen molar-refractivity contribution >= 4 is 5.97 Å². The summed E-state index contributed by atoms with van der Waals surface area (Å²) in [6.45, 7) is 3.80. The molecule has 18 heavy (non-hydrogen) atoms. The third kappa shape index (κ3) is 2.86. The highest BCUT2D eigenvalue weighted by Gasteiger charge is 2.44. The van der Waals surface area contributed by atoms with Crippen LogP contribution >= 0.6 is 0 Å². The van der Waals surface area contributed by atoms with E-state index >= 15 is 0 Å². The van der Waals surface area contributed by atoms with Crippen LogP contribution in [0.5, 0.6) is 0 Å². The first-order chi connectivity index (χ1) is 8.65. The highest BCUT2D eigenvalue weighted by molar-refractivity contribution is 5.78. The van der Waals surface area contributed by atoms with Gasteiger partial charge in [-0.3, -0.25) is 9.69 Å². The zero-order valence-electron chi connectivity index (χ0n) is 11.5. The van der Waals surface area contributed by atoms with Gasteiger partial charge in [0.2, 0.25) is 0 Å². The van der Waals surface area contributed by atoms with E-state index in [1.165, 1.54) is 19.3 Å². The van der Waals surface area contributed by atoms with Gasteiger partial charge in [-0.25, -0.2) is 0 Å². The molecule has 0 bridgehead atoms. The molecule has 0 spiro atoms. The Kier molecular flexibility index (Phi) is 4.62. The molecule has 1 heterocycles. The van der Waals surface area contributed by atoms with Crippen molar-refractivity contribution in [3.63, 3.8) is 0 Å². The Morgan fingerprint density at radius 2 is 1.44 bits per heavy atom. The number of rotatable bonds is 2. The Labute approximate surface area is 110 Å². The van der Waals surface area contributed by atoms with Crippen molar-refractivity contribution in [2.45, 2.75) is 50.5 Å². The molecule has 2 fully saturated rings. The van der Waals surface area contributed by atoms with Gasteiger partial charge < -0.3 is 10.0 Å². The lowest BCUT2D eigenvalue weighted by atomic mass is 9.82. The first kappa shape index (κ1) is 13.8. The van der Waals surface area contributed by atoms with Gasteiger partial charge in [-0.2, -0.15) is 0 Å². The van der Waals surface area contributed by atoms with Crippen LogP contribution in [-0.2, 0) is 4.79 Å². The molecule has 0 amide bonds. The van der Waals surface area contributed by atoms with Crippen LogP contribution in [0, 0.1) is 0 Å². The molecule has 0 radical (unpaired) electrons. The highest BCUT2D eigenvalue weighted by Crippen LogP contribution is 2.32. The number of aliphatic carboxylic acids is 1. The van der Waals surface area contributed by atoms with E-state index < -0.39 is 11.5 Å². The number of carbonyl (C=O) groups is 1. The number of carboxylic acid groups (broad SMARTS) is 1. The summed E-state index contributed by atoms with van der Waals surface area (Å²) in [5, 5.41) is 9.77. The largest absolute Gasteiger partial charge is 0.480 e. The Morgan fingerprint density at radius 3 is 1.94 bits per heavy atom. The molecule has 1 aliphatic carbocycles. The van der Waals surface area contributed by atoms with Gasteiger partial charge >= 0.3 is 5.97 Å². The monoisotopic (exact) mass is 254 g/mol. The van der Waals surface area contributed by atoms with Crippen LogP contribution < -0.4 is 0 Å². The molecule has 1 N–H and O–H groups in total. The predicted molar refractivity (Wildman–Crippen MR) is 71.8 cm³/mol. The van der Waals surface area contributed by atoms with Crippen LogP contribution in [0.15, 0.2) is 0 Å². The van der Waals surface area contributed by atoms with E-state index in [-0.39, 0.29) is 0 Å². The summed E-state index contributed by atoms with van der Waals surface area (Å²) in [4.78, 5) is 16.4. The van der Waals surface area contributed by atoms with Crippen molar-refractivity contribution in [2.24, 2.45) is 0 Å². The molecule has 4 heteroatoms. The second-order valence-electron chi connectivity index (χ2n) is 5.89. The predicted octanol–water partition coefficient (Wildman–Crippen LogP) is 1.80. The summed E-state index contributed by atoms with van der Waals surface area (Å²) in [5.74, 6) is -0.589. The number of likely N-dealkylation sites (N-methyl/N-ethyl adjacent to an activating group) is 1. The summed E-state index contributed by atoms with van der Waals surface area (Å²) in [5.41, 5.74) is -0.568. The second-order valence-corrected chi connectivity index (χ2v) is 5.89. The molecule has 0 unspecified atom stereocenters. The Morgan fingerprint density at radius 1 is 0.944 bits per heavy atom. The van der Waals surface area contributed by atoms with Gasteiger partial charge in [0.25, 0.3) is 0 Å². The van der Waals surface area contributed by atoms with Crippen molar-refractivity contribution in [3.8, 4) is 0 Å². The highest BCUT2D eigenvalue weighted by atomic mass is 16.4. The van der Waals surface area contributed by atoms with Crippen LogP contribution in [-0.4, -0.2) is 59.6 Å². The topological polar surface area (TPSA) is 43.8 Å². The molecular formula is C14H26N2O2. The van der Waals surface area contributed by atoms with Gasteiger partial charge in [-0.15, -0.1) is 0 Å². The van der Waals surface area contributed by atoms with Gasteiger partial charge in [-0.1, -0.05) is 32.1 Å². The summed E-state index contributed by atoms with van der Waals surface area (Å²) < 4.78 is 0. The minimum absolute atomic E-state index is 0.568. The van der Waals surface area contributed by atoms with Crippen molar-refractivity contribution in [1.29, 1.82) is 0 Å². The van der Waals surface area contributed by atoms with Crippen LogP contribution in [0.2, 0.25) is 0 Å². The van der Waals surface area contributed by atoms with Gasteiger partial charge in [0.05, 0.1) is 0 Å². The molecule has 104 valence electrons. The molecule has 1 saturated heterocycles. The minimum Gasteiger partial charge on any atom is -0.480 e. The van der Waals surface area contributed by atoms with E-state index in [1.54, 1.807) is 0 Å². The van der Waals surface area contributed by atoms with E-state index in [1.807, 2.05) is 0 Å². The standard InChI is InChI=1S/C14H26N2O2/c1-15-9-11-16(12-10-15)14(13(17)18)7-5-3-2-4-6-8-14/h2-12H2,1H3,(H,17,18). The average Bonchev–Trinajstić information content (AvgIpc) is 2.30. The van der Waals surface area contributed by atoms with Gasteiger partial charge in [0.1, 0.15) is 5.54 Å². The van der Waals surface area contributed by atoms with Crippen molar-refractivity contribution in [1.82, 2.24) is 9.80 Å². The number of hydrogen-bond donors (Lipinski definition) is 1. The molecule has 2 aliphatic rings. The van der Waals surface area contributed by atoms with Gasteiger partial charge in [0, 0.05) is 26.2 Å². The summed E-state index contributed by atoms with van der Waals surface area (Å²) >= 11 is 0. The summed E-state index contributed by atoms with van der Waals surface area (Å²) in [6.07, 6.45) is 7.49. The van der Waals surface area contributed by atoms with Gasteiger partial charge in [-0.05, 0) is 19.9 Å². The molecule has 0 atom stereocenters. The molecule has 0 aromatic carbocycles. The molecular weight excluding hydrogens is 228 g/mol. The Hall–Kier alpha value is -0.610. The number of hydrogen-bond acceptors (Lipinski definition) is 3. The fourth-order valence-electron chi connectivity index (χ4n) is 3.39. The third-order valence-corrected chi connectivity index (χ3v) is 4.69. The Bertz CT molecular complexity index is 278. The van der Waals surface area contributed by atoms with E-state index in [0.717, 1.165) is 51.9 Å². The third-order valence-electron chi connectivity index (χ3n) is 4.69. The summed E-state index contributed by atoms with van der Waals surface area (Å²) in [6, 6.07) is 0. The second kappa shape index (κ2) is 6.02. The van der Waals surface area contributed by atoms with E-state index in [9.17, 15) is 9.90 Å². The summed E-state index contributed by atoms with van der Waals surface area (Å²) in [7, 11) is 2.11. The van der Waals surface area contributed by atoms with Crippen LogP contribution in [0.3, 0.4) is 0 Å². The van der Waals surface area contributed by atoms with Crippen LogP contribution in [0.25, 0.3) is 0 Å². The average molecular weight is 254 g/mol. The minimum atomic E-state index is -0.589. The van der Waals surface area contributed by atoms with E-state index in [0.29, 0.717) is 0 Å². The fraction of sp³-hybridized carbons (Fsp3) is 0.929. The molecule has 1 aliphatic heterocycles. The van der Waals surface area contributed by atoms with Crippen LogP contribution in [0.1, 0.15) is 44.9 Å². The quantitative estimate of drug-likeness (QED) is 0.816. The Balaban J connectivity index is 2.11. The molecule has 1 saturated carbocycles. The van der Waals surface area contributed by atoms with E-state index in [4.69, 9.17) is 0 Å². The SMILES string of the molecule is CN1CCN(C2(C(=O)O)CCCCCCC2)CC1. The van der Waals surface area contributed by atoms with Crippen molar-refractivity contribution < 1.29 is 9.90 Å². The normalized spacial score (nSPS) is 27.4. The van der Waals surface area contributed by atoms with E-state index in [2.05, 4.69) is 16.8 Å². The zero-order valence-corrected chi connectivity index (χ0v) is 11.5. The first-order valence-corrected chi connectivity index (χ1v) is 7.32. The zero-order chi connectivity index (χ0) is 13.0. The number of carboxylic acids is 1. The van der Waals surface area contributed by atoms with Gasteiger partial charge in [0.15, 0.2) is 0 Å². The molecule has 0 aromatic heterocycles. The van der Waals surface area contributed by atoms with Crippen LogP contribution in [0.4, 0.5) is 0 Å². The van der Waals surface area contributed by atoms with Crippen molar-refractivity contribution in [2.75, 3.05) is 33.2 Å². The lowest BCUT2D eigenvalue weighted by molar-refractivity contribution is -0.155. The lowest BCUT2D eigenvalue weighted by Gasteiger charge is -2.45. The number of piperazine rings is 1. The smallest absolute Gasteiger partial charge is 0.324 e. The maximum Gasteiger partial charge on any atom is 0.324 e. The maximum atomic E-state index is 11.9.